The van der Waals surface area contributed by atoms with Crippen molar-refractivity contribution in [3.63, 3.8) is 0 Å². The number of nitrogens with two attached hydrogens (primary N) is 2. The summed E-state index contributed by atoms with van der Waals surface area (Å²) in [5.74, 6) is -3.67. The van der Waals surface area contributed by atoms with E-state index < -0.39 is 40.6 Å². The van der Waals surface area contributed by atoms with Crippen LogP contribution in [0.25, 0.3) is 0 Å². The van der Waals surface area contributed by atoms with E-state index in [1.165, 1.54) is 49.6 Å². The fourth-order valence-electron chi connectivity index (χ4n) is 2.68. The molecule has 2 aromatic rings. The molecule has 2 aromatic carbocycles. The van der Waals surface area contributed by atoms with Gasteiger partial charge in [-0.05, 0) is 30.3 Å². The van der Waals surface area contributed by atoms with Crippen LogP contribution >= 0.6 is 0 Å². The number of guanidine groups is 1. The topological polar surface area (TPSA) is 233 Å². The van der Waals surface area contributed by atoms with Crippen LogP contribution in [0.1, 0.15) is 22.3 Å². The van der Waals surface area contributed by atoms with Gasteiger partial charge in [-0.3, -0.25) is 9.59 Å². The summed E-state index contributed by atoms with van der Waals surface area (Å²) in [6.45, 7) is -0.335. The summed E-state index contributed by atoms with van der Waals surface area (Å²) >= 11 is 0. The summed E-state index contributed by atoms with van der Waals surface area (Å²) in [4.78, 5) is 38.0. The van der Waals surface area contributed by atoms with Gasteiger partial charge in [0.25, 0.3) is 10.2 Å². The zero-order chi connectivity index (χ0) is 26.2. The van der Waals surface area contributed by atoms with Crippen molar-refractivity contribution in [3.05, 3.63) is 53.6 Å². The van der Waals surface area contributed by atoms with Crippen molar-refractivity contribution in [2.24, 2.45) is 16.5 Å². The molecule has 0 aliphatic rings. The molecule has 0 heterocycles. The summed E-state index contributed by atoms with van der Waals surface area (Å²) in [5.41, 5.74) is 11.6. The van der Waals surface area contributed by atoms with Gasteiger partial charge in [0.2, 0.25) is 0 Å². The maximum Gasteiger partial charge on any atom is 0.343 e. The molecule has 0 aliphatic carbocycles. The van der Waals surface area contributed by atoms with Crippen LogP contribution in [0.15, 0.2) is 47.5 Å². The van der Waals surface area contributed by atoms with Crippen molar-refractivity contribution in [2.75, 3.05) is 7.11 Å². The van der Waals surface area contributed by atoms with E-state index in [-0.39, 0.29) is 29.6 Å². The third-order valence-electron chi connectivity index (χ3n) is 4.26. The van der Waals surface area contributed by atoms with Gasteiger partial charge in [-0.1, -0.05) is 6.07 Å². The first-order chi connectivity index (χ1) is 16.4. The molecule has 0 saturated carbocycles. The SMILES string of the molecule is COc1cc(OC(=O)c2ccc(N=C(N)N)cc2)ccc1CNS(=O)(=O)N[C@@H](CC(=O)O)C(=O)O. The minimum atomic E-state index is -4.38. The van der Waals surface area contributed by atoms with Gasteiger partial charge in [0.15, 0.2) is 5.96 Å². The van der Waals surface area contributed by atoms with E-state index in [1.54, 1.807) is 4.72 Å². The second-order valence-electron chi connectivity index (χ2n) is 6.88. The van der Waals surface area contributed by atoms with E-state index in [1.807, 2.05) is 0 Å². The number of carboxylic acids is 2. The smallest absolute Gasteiger partial charge is 0.343 e. The number of methoxy groups -OCH3 is 1. The molecule has 0 amide bonds. The molecule has 14 nitrogen and oxygen atoms in total. The van der Waals surface area contributed by atoms with Gasteiger partial charge in [-0.2, -0.15) is 17.9 Å². The monoisotopic (exact) mass is 509 g/mol. The average Bonchev–Trinajstić information content (AvgIpc) is 2.77. The lowest BCUT2D eigenvalue weighted by atomic mass is 10.2. The molecular formula is C20H23N5O9S. The van der Waals surface area contributed by atoms with E-state index >= 15 is 0 Å². The number of benzene rings is 2. The zero-order valence-electron chi connectivity index (χ0n) is 18.3. The lowest BCUT2D eigenvalue weighted by Crippen LogP contribution is -2.47. The fourth-order valence-corrected chi connectivity index (χ4v) is 3.66. The van der Waals surface area contributed by atoms with E-state index in [0.29, 0.717) is 11.3 Å². The van der Waals surface area contributed by atoms with Crippen molar-refractivity contribution in [1.82, 2.24) is 9.44 Å². The highest BCUT2D eigenvalue weighted by molar-refractivity contribution is 7.87. The number of nitrogens with one attached hydrogen (secondary N) is 2. The Hall–Kier alpha value is -4.21. The molecule has 2 rings (SSSR count). The molecule has 188 valence electrons. The third-order valence-corrected chi connectivity index (χ3v) is 5.38. The van der Waals surface area contributed by atoms with Gasteiger partial charge < -0.3 is 31.2 Å². The lowest BCUT2D eigenvalue weighted by Gasteiger charge is -2.15. The van der Waals surface area contributed by atoms with Crippen LogP contribution in [0.4, 0.5) is 5.69 Å². The van der Waals surface area contributed by atoms with Crippen molar-refractivity contribution >= 4 is 39.8 Å². The van der Waals surface area contributed by atoms with Crippen molar-refractivity contribution in [3.8, 4) is 11.5 Å². The van der Waals surface area contributed by atoms with Gasteiger partial charge >= 0.3 is 17.9 Å². The van der Waals surface area contributed by atoms with Crippen molar-refractivity contribution < 1.29 is 42.5 Å². The summed E-state index contributed by atoms with van der Waals surface area (Å²) in [6.07, 6.45) is -0.948. The molecule has 0 bridgehead atoms. The quantitative estimate of drug-likeness (QED) is 0.0938. The molecule has 8 N–H and O–H groups in total. The number of carbonyl (C=O) groups excluding carboxylic acids is 1. The Bertz CT molecular complexity index is 1230. The number of hydrogen-bond acceptors (Lipinski definition) is 8. The average molecular weight is 509 g/mol. The number of carboxylic acid groups (broad SMARTS) is 2. The van der Waals surface area contributed by atoms with Gasteiger partial charge in [0, 0.05) is 18.2 Å². The van der Waals surface area contributed by atoms with Crippen LogP contribution in [0, 0.1) is 0 Å². The number of hydrogen-bond donors (Lipinski definition) is 6. The number of nitrogens with zero attached hydrogens (tertiary/aromatic N) is 1. The second-order valence-corrected chi connectivity index (χ2v) is 8.41. The Balaban J connectivity index is 2.07. The molecule has 0 saturated heterocycles. The Labute approximate surface area is 199 Å². The summed E-state index contributed by atoms with van der Waals surface area (Å²) < 4.78 is 38.6. The molecular weight excluding hydrogens is 486 g/mol. The number of rotatable bonds is 12. The van der Waals surface area contributed by atoms with Crippen LogP contribution in [-0.2, 0) is 26.3 Å². The normalized spacial score (nSPS) is 11.8. The van der Waals surface area contributed by atoms with E-state index in [0.717, 1.165) is 0 Å². The molecule has 0 radical (unpaired) electrons. The minimum Gasteiger partial charge on any atom is -0.496 e. The number of ether oxygens (including phenoxy) is 2. The first-order valence-electron chi connectivity index (χ1n) is 9.70. The Morgan fingerprint density at radius 3 is 2.29 bits per heavy atom. The fraction of sp³-hybridized carbons (Fsp3) is 0.200. The van der Waals surface area contributed by atoms with Crippen LogP contribution in [0.5, 0.6) is 11.5 Å². The summed E-state index contributed by atoms with van der Waals surface area (Å²) in [7, 11) is -3.07. The predicted molar refractivity (Wildman–Crippen MR) is 122 cm³/mol. The molecule has 35 heavy (non-hydrogen) atoms. The second kappa shape index (κ2) is 11.8. The minimum absolute atomic E-state index is 0.109. The molecule has 0 spiro atoms. The van der Waals surface area contributed by atoms with Crippen LogP contribution in [0.3, 0.4) is 0 Å². The highest BCUT2D eigenvalue weighted by atomic mass is 32.2. The first-order valence-corrected chi connectivity index (χ1v) is 11.2. The summed E-state index contributed by atoms with van der Waals surface area (Å²) in [5, 5.41) is 17.7. The van der Waals surface area contributed by atoms with Gasteiger partial charge in [-0.25, -0.2) is 9.79 Å². The number of aliphatic carboxylic acids is 2. The van der Waals surface area contributed by atoms with Crippen LogP contribution in [0.2, 0.25) is 0 Å². The maximum atomic E-state index is 12.4. The maximum absolute atomic E-state index is 12.4. The van der Waals surface area contributed by atoms with E-state index in [9.17, 15) is 22.8 Å². The van der Waals surface area contributed by atoms with Crippen LogP contribution in [-0.4, -0.2) is 55.6 Å². The highest BCUT2D eigenvalue weighted by Gasteiger charge is 2.26. The van der Waals surface area contributed by atoms with Gasteiger partial charge in [0.1, 0.15) is 17.5 Å². The van der Waals surface area contributed by atoms with Crippen molar-refractivity contribution in [2.45, 2.75) is 19.0 Å². The van der Waals surface area contributed by atoms with E-state index in [2.05, 4.69) is 9.71 Å². The number of aliphatic imine (C=N–C) groups is 1. The first kappa shape index (κ1) is 27.0. The Morgan fingerprint density at radius 1 is 1.09 bits per heavy atom. The van der Waals surface area contributed by atoms with E-state index in [4.69, 9.17) is 31.2 Å². The number of carbonyl (C=O) groups is 3. The Morgan fingerprint density at radius 2 is 1.74 bits per heavy atom. The lowest BCUT2D eigenvalue weighted by molar-refractivity contribution is -0.145. The molecule has 0 unspecified atom stereocenters. The zero-order valence-corrected chi connectivity index (χ0v) is 19.1. The molecule has 0 aromatic heterocycles. The third kappa shape index (κ3) is 8.58. The van der Waals surface area contributed by atoms with Crippen LogP contribution < -0.4 is 30.4 Å². The molecule has 0 aliphatic heterocycles. The number of esters is 1. The summed E-state index contributed by atoms with van der Waals surface area (Å²) in [6, 6.07) is 8.29. The predicted octanol–water partition coefficient (Wildman–Crippen LogP) is -0.329. The highest BCUT2D eigenvalue weighted by Crippen LogP contribution is 2.26. The Kier molecular flexibility index (Phi) is 9.10. The van der Waals surface area contributed by atoms with Crippen molar-refractivity contribution in [1.29, 1.82) is 0 Å². The molecule has 0 fully saturated rings. The largest absolute Gasteiger partial charge is 0.496 e. The standard InChI is InChI=1S/C20H23N5O9S/c1-33-16-8-14(34-19(30)11-2-5-13(6-3-11)24-20(21)22)7-4-12(16)10-23-35(31,32)25-15(18(28)29)9-17(26)27/h2-8,15,23,25H,9-10H2,1H3,(H,26,27)(H,28,29)(H4,21,22,24)/t15-/m0/s1. The van der Waals surface area contributed by atoms with Gasteiger partial charge in [0.05, 0.1) is 24.8 Å². The molecule has 15 heteroatoms. The van der Waals surface area contributed by atoms with Gasteiger partial charge in [-0.15, -0.1) is 0 Å². The molecule has 1 atom stereocenters.